The van der Waals surface area contributed by atoms with E-state index in [2.05, 4.69) is 18.0 Å². The SMILES string of the molecule is CCCOc1ccc(-c2nn(-c3ccccc3)cc2C=c2sc3n(c2=O)C(c2ccc(OC)cc2)C(C(=O)OC)=C(C)N=3)cc1C. The van der Waals surface area contributed by atoms with Crippen LogP contribution in [0.1, 0.15) is 43.0 Å². The van der Waals surface area contributed by atoms with Gasteiger partial charge in [0, 0.05) is 17.3 Å². The number of thiazole rings is 1. The third kappa shape index (κ3) is 5.79. The lowest BCUT2D eigenvalue weighted by Crippen LogP contribution is -2.39. The number of carbonyl (C=O) groups is 1. The molecule has 3 aromatic carbocycles. The Morgan fingerprint density at radius 1 is 1.02 bits per heavy atom. The summed E-state index contributed by atoms with van der Waals surface area (Å²) in [5.74, 6) is 0.961. The average molecular weight is 635 g/mol. The van der Waals surface area contributed by atoms with Crippen molar-refractivity contribution in [3.05, 3.63) is 127 Å². The summed E-state index contributed by atoms with van der Waals surface area (Å²) in [5, 5.41) is 4.96. The molecule has 1 unspecified atom stereocenters. The van der Waals surface area contributed by atoms with Gasteiger partial charge in [-0.25, -0.2) is 14.5 Å². The summed E-state index contributed by atoms with van der Waals surface area (Å²) in [6.45, 7) is 6.50. The zero-order chi connectivity index (χ0) is 32.4. The molecule has 234 valence electrons. The molecule has 1 aliphatic heterocycles. The molecular formula is C36H34N4O5S. The quantitative estimate of drug-likeness (QED) is 0.203. The number of esters is 1. The van der Waals surface area contributed by atoms with Crippen LogP contribution >= 0.6 is 11.3 Å². The number of hydrogen-bond donors (Lipinski definition) is 0. The highest BCUT2D eigenvalue weighted by Crippen LogP contribution is 2.32. The van der Waals surface area contributed by atoms with E-state index in [1.54, 1.807) is 30.7 Å². The molecular weight excluding hydrogens is 600 g/mol. The topological polar surface area (TPSA) is 96.9 Å². The Morgan fingerprint density at radius 2 is 1.78 bits per heavy atom. The van der Waals surface area contributed by atoms with E-state index in [9.17, 15) is 9.59 Å². The fourth-order valence-electron chi connectivity index (χ4n) is 5.54. The van der Waals surface area contributed by atoms with Crippen LogP contribution in [0.2, 0.25) is 0 Å². The van der Waals surface area contributed by atoms with Crippen LogP contribution in [-0.2, 0) is 9.53 Å². The molecule has 9 nitrogen and oxygen atoms in total. The Balaban J connectivity index is 1.53. The lowest BCUT2D eigenvalue weighted by atomic mass is 9.96. The van der Waals surface area contributed by atoms with Gasteiger partial charge in [-0.05, 0) is 79.9 Å². The molecule has 1 aliphatic rings. The van der Waals surface area contributed by atoms with Crippen molar-refractivity contribution in [2.75, 3.05) is 20.8 Å². The highest BCUT2D eigenvalue weighted by atomic mass is 32.1. The first-order chi connectivity index (χ1) is 22.3. The first-order valence-electron chi connectivity index (χ1n) is 15.0. The summed E-state index contributed by atoms with van der Waals surface area (Å²) in [4.78, 5) is 32.5. The molecule has 0 aliphatic carbocycles. The van der Waals surface area contributed by atoms with E-state index in [1.807, 2.05) is 78.5 Å². The highest BCUT2D eigenvalue weighted by molar-refractivity contribution is 7.07. The number of para-hydroxylation sites is 1. The van der Waals surface area contributed by atoms with E-state index in [1.165, 1.54) is 18.4 Å². The molecule has 46 heavy (non-hydrogen) atoms. The number of fused-ring (bicyclic) bond motifs is 1. The number of methoxy groups -OCH3 is 2. The van der Waals surface area contributed by atoms with E-state index in [0.29, 0.717) is 33.0 Å². The molecule has 0 fully saturated rings. The van der Waals surface area contributed by atoms with Gasteiger partial charge in [-0.2, -0.15) is 5.10 Å². The van der Waals surface area contributed by atoms with Crippen LogP contribution < -0.4 is 24.4 Å². The van der Waals surface area contributed by atoms with Crippen LogP contribution in [0, 0.1) is 6.92 Å². The second-order valence-corrected chi connectivity index (χ2v) is 11.9. The molecule has 6 rings (SSSR count). The zero-order valence-corrected chi connectivity index (χ0v) is 27.1. The van der Waals surface area contributed by atoms with Crippen molar-refractivity contribution in [3.63, 3.8) is 0 Å². The summed E-state index contributed by atoms with van der Waals surface area (Å²) in [5.41, 5.74) is 5.55. The maximum atomic E-state index is 14.3. The molecule has 1 atom stereocenters. The minimum atomic E-state index is -0.721. The van der Waals surface area contributed by atoms with Crippen molar-refractivity contribution in [1.29, 1.82) is 0 Å². The average Bonchev–Trinajstić information content (AvgIpc) is 3.64. The van der Waals surface area contributed by atoms with Gasteiger partial charge >= 0.3 is 5.97 Å². The summed E-state index contributed by atoms with van der Waals surface area (Å²) in [6, 6.07) is 22.4. The molecule has 0 saturated carbocycles. The van der Waals surface area contributed by atoms with Crippen molar-refractivity contribution >= 4 is 23.4 Å². The largest absolute Gasteiger partial charge is 0.497 e. The predicted octanol–water partition coefficient (Wildman–Crippen LogP) is 5.37. The summed E-state index contributed by atoms with van der Waals surface area (Å²) in [6.07, 6.45) is 4.69. The predicted molar refractivity (Wildman–Crippen MR) is 178 cm³/mol. The number of aromatic nitrogens is 3. The standard InChI is InChI=1S/C36H34N4O5S/c1-6-18-45-29-17-14-25(19-22(29)2)32-26(21-39(38-32)27-10-8-7-9-11-27)20-30-34(41)40-33(24-12-15-28(43-4)16-13-24)31(35(42)44-5)23(3)37-36(40)46-30/h7-17,19-21,33H,6,18H2,1-5H3. The number of aryl methyl sites for hydroxylation is 1. The number of hydrogen-bond acceptors (Lipinski definition) is 8. The van der Waals surface area contributed by atoms with Gasteiger partial charge < -0.3 is 14.2 Å². The first kappa shape index (κ1) is 30.8. The van der Waals surface area contributed by atoms with Crippen LogP contribution in [0.3, 0.4) is 0 Å². The summed E-state index contributed by atoms with van der Waals surface area (Å²) in [7, 11) is 2.92. The fourth-order valence-corrected chi connectivity index (χ4v) is 6.57. The monoisotopic (exact) mass is 634 g/mol. The summed E-state index contributed by atoms with van der Waals surface area (Å²) >= 11 is 1.27. The van der Waals surface area contributed by atoms with Crippen molar-refractivity contribution < 1.29 is 19.0 Å². The maximum absolute atomic E-state index is 14.3. The first-order valence-corrected chi connectivity index (χ1v) is 15.8. The number of carbonyl (C=O) groups excluding carboxylic acids is 1. The van der Waals surface area contributed by atoms with E-state index in [4.69, 9.17) is 19.3 Å². The van der Waals surface area contributed by atoms with E-state index in [-0.39, 0.29) is 5.56 Å². The maximum Gasteiger partial charge on any atom is 0.338 e. The van der Waals surface area contributed by atoms with Crippen LogP contribution in [0.15, 0.2) is 100 Å². The molecule has 0 saturated heterocycles. The Labute approximate surface area is 270 Å². The van der Waals surface area contributed by atoms with Gasteiger partial charge in [-0.3, -0.25) is 9.36 Å². The van der Waals surface area contributed by atoms with Gasteiger partial charge in [0.2, 0.25) is 0 Å². The van der Waals surface area contributed by atoms with Gasteiger partial charge in [-0.15, -0.1) is 0 Å². The normalized spacial score (nSPS) is 14.5. The van der Waals surface area contributed by atoms with Crippen LogP contribution in [-0.4, -0.2) is 41.1 Å². The number of benzene rings is 3. The van der Waals surface area contributed by atoms with E-state index >= 15 is 0 Å². The zero-order valence-electron chi connectivity index (χ0n) is 26.3. The van der Waals surface area contributed by atoms with Gasteiger partial charge in [-0.1, -0.05) is 48.6 Å². The second-order valence-electron chi connectivity index (χ2n) is 10.9. The van der Waals surface area contributed by atoms with Crippen molar-refractivity contribution in [1.82, 2.24) is 14.3 Å². The molecule has 0 spiro atoms. The number of nitrogens with zero attached hydrogens (tertiary/aromatic N) is 4. The summed E-state index contributed by atoms with van der Waals surface area (Å²) < 4.78 is 20.2. The van der Waals surface area contributed by atoms with E-state index < -0.39 is 12.0 Å². The van der Waals surface area contributed by atoms with Gasteiger partial charge in [0.25, 0.3) is 5.56 Å². The molecule has 10 heteroatoms. The molecule has 3 heterocycles. The van der Waals surface area contributed by atoms with Gasteiger partial charge in [0.15, 0.2) is 4.80 Å². The van der Waals surface area contributed by atoms with Crippen molar-refractivity contribution in [3.8, 4) is 28.4 Å². The van der Waals surface area contributed by atoms with Crippen LogP contribution in [0.25, 0.3) is 23.0 Å². The van der Waals surface area contributed by atoms with E-state index in [0.717, 1.165) is 45.8 Å². The molecule has 5 aromatic rings. The lowest BCUT2D eigenvalue weighted by molar-refractivity contribution is -0.136. The molecule has 0 radical (unpaired) electrons. The Morgan fingerprint density at radius 3 is 2.46 bits per heavy atom. The molecule has 0 N–H and O–H groups in total. The number of rotatable bonds is 9. The van der Waals surface area contributed by atoms with Crippen molar-refractivity contribution in [2.45, 2.75) is 33.2 Å². The minimum absolute atomic E-state index is 0.267. The number of ether oxygens (including phenoxy) is 3. The smallest absolute Gasteiger partial charge is 0.338 e. The van der Waals surface area contributed by atoms with Crippen LogP contribution in [0.4, 0.5) is 0 Å². The molecule has 2 aromatic heterocycles. The number of allylic oxidation sites excluding steroid dienone is 1. The van der Waals surface area contributed by atoms with Gasteiger partial charge in [0.05, 0.1) is 48.4 Å². The Hall–Kier alpha value is -5.22. The Kier molecular flexibility index (Phi) is 8.72. The van der Waals surface area contributed by atoms with Crippen molar-refractivity contribution in [2.24, 2.45) is 4.99 Å². The minimum Gasteiger partial charge on any atom is -0.497 e. The lowest BCUT2D eigenvalue weighted by Gasteiger charge is -2.24. The molecule has 0 bridgehead atoms. The highest BCUT2D eigenvalue weighted by Gasteiger charge is 2.33. The third-order valence-corrected chi connectivity index (χ3v) is 8.80. The van der Waals surface area contributed by atoms with Crippen LogP contribution in [0.5, 0.6) is 11.5 Å². The molecule has 0 amide bonds. The third-order valence-electron chi connectivity index (χ3n) is 7.82. The second kappa shape index (κ2) is 13.0. The fraction of sp³-hybridized carbons (Fsp3) is 0.222. The van der Waals surface area contributed by atoms with Gasteiger partial charge in [0.1, 0.15) is 17.2 Å². The Bertz CT molecular complexity index is 2130.